The Morgan fingerprint density at radius 2 is 1.60 bits per heavy atom. The number of nitrogens with one attached hydrogen (secondary N) is 1. The summed E-state index contributed by atoms with van der Waals surface area (Å²) in [7, 11) is -3.53. The summed E-state index contributed by atoms with van der Waals surface area (Å²) < 4.78 is 31.9. The summed E-state index contributed by atoms with van der Waals surface area (Å²) in [6, 6.07) is 14.7. The number of anilines is 1. The predicted molar refractivity (Wildman–Crippen MR) is 118 cm³/mol. The van der Waals surface area contributed by atoms with Crippen molar-refractivity contribution < 1.29 is 17.9 Å². The second kappa shape index (κ2) is 9.29. The zero-order valence-electron chi connectivity index (χ0n) is 17.8. The molecular weight excluding hydrogens is 400 g/mol. The molecule has 1 aliphatic rings. The van der Waals surface area contributed by atoms with Gasteiger partial charge in [-0.3, -0.25) is 4.79 Å². The molecule has 0 spiro atoms. The molecule has 1 fully saturated rings. The lowest BCUT2D eigenvalue weighted by atomic mass is 9.86. The van der Waals surface area contributed by atoms with E-state index in [0.29, 0.717) is 44.8 Å². The van der Waals surface area contributed by atoms with Crippen LogP contribution < -0.4 is 5.32 Å². The quantitative estimate of drug-likeness (QED) is 0.760. The SMILES string of the molecule is CC(C)(C)c1ccc(CCC(=O)Nc2ccc(S(=O)(=O)N3CCOCC3)cc2)cc1. The molecule has 2 aromatic carbocycles. The lowest BCUT2D eigenvalue weighted by Gasteiger charge is -2.26. The van der Waals surface area contributed by atoms with E-state index in [0.717, 1.165) is 5.56 Å². The first kappa shape index (κ1) is 22.5. The number of carbonyl (C=O) groups excluding carboxylic acids is 1. The van der Waals surface area contributed by atoms with Gasteiger partial charge in [0.1, 0.15) is 0 Å². The first-order valence-electron chi connectivity index (χ1n) is 10.2. The van der Waals surface area contributed by atoms with Crippen LogP contribution in [0.1, 0.15) is 38.3 Å². The molecule has 0 unspecified atom stereocenters. The summed E-state index contributed by atoms with van der Waals surface area (Å²) >= 11 is 0. The molecule has 3 rings (SSSR count). The normalized spacial score (nSPS) is 15.7. The molecule has 0 aliphatic carbocycles. The first-order valence-corrected chi connectivity index (χ1v) is 11.7. The number of morpholine rings is 1. The van der Waals surface area contributed by atoms with Gasteiger partial charge in [0, 0.05) is 25.2 Å². The van der Waals surface area contributed by atoms with Crippen LogP contribution in [-0.2, 0) is 31.4 Å². The maximum Gasteiger partial charge on any atom is 0.243 e. The number of amides is 1. The van der Waals surface area contributed by atoms with Crippen molar-refractivity contribution in [2.45, 2.75) is 43.9 Å². The summed E-state index contributed by atoms with van der Waals surface area (Å²) in [4.78, 5) is 12.5. The van der Waals surface area contributed by atoms with Crippen molar-refractivity contribution in [1.29, 1.82) is 0 Å². The van der Waals surface area contributed by atoms with Gasteiger partial charge in [-0.15, -0.1) is 0 Å². The van der Waals surface area contributed by atoms with Gasteiger partial charge in [-0.1, -0.05) is 45.0 Å². The maximum atomic E-state index is 12.6. The second-order valence-electron chi connectivity index (χ2n) is 8.54. The number of carbonyl (C=O) groups is 1. The van der Waals surface area contributed by atoms with E-state index < -0.39 is 10.0 Å². The van der Waals surface area contributed by atoms with Crippen molar-refractivity contribution in [3.8, 4) is 0 Å². The minimum Gasteiger partial charge on any atom is -0.379 e. The smallest absolute Gasteiger partial charge is 0.243 e. The number of nitrogens with zero attached hydrogens (tertiary/aromatic N) is 1. The predicted octanol–water partition coefficient (Wildman–Crippen LogP) is 3.58. The van der Waals surface area contributed by atoms with E-state index in [1.54, 1.807) is 12.1 Å². The van der Waals surface area contributed by atoms with Crippen molar-refractivity contribution in [3.05, 3.63) is 59.7 Å². The Kier molecular flexibility index (Phi) is 6.95. The molecule has 0 bridgehead atoms. The Hall–Kier alpha value is -2.22. The van der Waals surface area contributed by atoms with E-state index in [1.165, 1.54) is 22.0 Å². The fourth-order valence-electron chi connectivity index (χ4n) is 3.30. The van der Waals surface area contributed by atoms with Gasteiger partial charge in [0.25, 0.3) is 0 Å². The molecule has 1 saturated heterocycles. The minimum atomic E-state index is -3.53. The van der Waals surface area contributed by atoms with Gasteiger partial charge in [-0.05, 0) is 47.2 Å². The van der Waals surface area contributed by atoms with Crippen molar-refractivity contribution in [2.75, 3.05) is 31.6 Å². The molecule has 30 heavy (non-hydrogen) atoms. The number of benzene rings is 2. The van der Waals surface area contributed by atoms with Crippen LogP contribution in [0, 0.1) is 0 Å². The molecular formula is C23H30N2O4S. The topological polar surface area (TPSA) is 75.7 Å². The third-order valence-corrected chi connectivity index (χ3v) is 7.12. The van der Waals surface area contributed by atoms with Crippen LogP contribution >= 0.6 is 0 Å². The maximum absolute atomic E-state index is 12.6. The Labute approximate surface area is 179 Å². The summed E-state index contributed by atoms with van der Waals surface area (Å²) in [5.41, 5.74) is 3.08. The van der Waals surface area contributed by atoms with Crippen LogP contribution in [0.4, 0.5) is 5.69 Å². The van der Waals surface area contributed by atoms with E-state index >= 15 is 0 Å². The van der Waals surface area contributed by atoms with E-state index in [9.17, 15) is 13.2 Å². The van der Waals surface area contributed by atoms with Crippen LogP contribution in [0.2, 0.25) is 0 Å². The Bertz CT molecular complexity index is 956. The number of ether oxygens (including phenoxy) is 1. The highest BCUT2D eigenvalue weighted by Crippen LogP contribution is 2.23. The highest BCUT2D eigenvalue weighted by atomic mass is 32.2. The molecule has 1 amide bonds. The highest BCUT2D eigenvalue weighted by molar-refractivity contribution is 7.89. The van der Waals surface area contributed by atoms with Gasteiger partial charge in [0.2, 0.25) is 15.9 Å². The Morgan fingerprint density at radius 3 is 2.17 bits per heavy atom. The first-order chi connectivity index (χ1) is 14.2. The standard InChI is InChI=1S/C23H30N2O4S/c1-23(2,3)19-7-4-18(5-8-19)6-13-22(26)24-20-9-11-21(12-10-20)30(27,28)25-14-16-29-17-15-25/h4-5,7-12H,6,13-17H2,1-3H3,(H,24,26). The monoisotopic (exact) mass is 430 g/mol. The fourth-order valence-corrected chi connectivity index (χ4v) is 4.71. The third kappa shape index (κ3) is 5.68. The van der Waals surface area contributed by atoms with E-state index in [4.69, 9.17) is 4.74 Å². The summed E-state index contributed by atoms with van der Waals surface area (Å²) in [5.74, 6) is -0.0984. The Balaban J connectivity index is 1.54. The van der Waals surface area contributed by atoms with Crippen molar-refractivity contribution in [1.82, 2.24) is 4.31 Å². The van der Waals surface area contributed by atoms with Gasteiger partial charge in [-0.25, -0.2) is 8.42 Å². The van der Waals surface area contributed by atoms with Crippen LogP contribution in [0.5, 0.6) is 0 Å². The molecule has 0 atom stereocenters. The zero-order valence-corrected chi connectivity index (χ0v) is 18.7. The summed E-state index contributed by atoms with van der Waals surface area (Å²) in [5, 5.41) is 2.84. The number of hydrogen-bond acceptors (Lipinski definition) is 4. The molecule has 1 aliphatic heterocycles. The van der Waals surface area contributed by atoms with E-state index in [2.05, 4.69) is 50.4 Å². The molecule has 1 heterocycles. The fraction of sp³-hybridized carbons (Fsp3) is 0.435. The molecule has 0 aromatic heterocycles. The van der Waals surface area contributed by atoms with Gasteiger partial charge in [0.15, 0.2) is 0 Å². The molecule has 6 nitrogen and oxygen atoms in total. The molecule has 1 N–H and O–H groups in total. The minimum absolute atomic E-state index is 0.0984. The van der Waals surface area contributed by atoms with E-state index in [-0.39, 0.29) is 16.2 Å². The average Bonchev–Trinajstić information content (AvgIpc) is 2.73. The van der Waals surface area contributed by atoms with Crippen molar-refractivity contribution in [2.24, 2.45) is 0 Å². The second-order valence-corrected chi connectivity index (χ2v) is 10.5. The summed E-state index contributed by atoms with van der Waals surface area (Å²) in [6.07, 6.45) is 1.02. The van der Waals surface area contributed by atoms with Crippen LogP contribution in [0.15, 0.2) is 53.4 Å². The number of aryl methyl sites for hydroxylation is 1. The molecule has 7 heteroatoms. The Morgan fingerprint density at radius 1 is 1.00 bits per heavy atom. The molecule has 0 saturated carbocycles. The highest BCUT2D eigenvalue weighted by Gasteiger charge is 2.26. The number of rotatable bonds is 6. The third-order valence-electron chi connectivity index (χ3n) is 5.21. The van der Waals surface area contributed by atoms with Gasteiger partial charge >= 0.3 is 0 Å². The van der Waals surface area contributed by atoms with Gasteiger partial charge in [-0.2, -0.15) is 4.31 Å². The zero-order chi connectivity index (χ0) is 21.8. The van der Waals surface area contributed by atoms with Crippen LogP contribution in [0.25, 0.3) is 0 Å². The van der Waals surface area contributed by atoms with Gasteiger partial charge < -0.3 is 10.1 Å². The van der Waals surface area contributed by atoms with Gasteiger partial charge in [0.05, 0.1) is 18.1 Å². The molecule has 162 valence electrons. The van der Waals surface area contributed by atoms with Crippen molar-refractivity contribution >= 4 is 21.6 Å². The lowest BCUT2D eigenvalue weighted by molar-refractivity contribution is -0.116. The molecule has 2 aromatic rings. The largest absolute Gasteiger partial charge is 0.379 e. The summed E-state index contributed by atoms with van der Waals surface area (Å²) in [6.45, 7) is 8.06. The van der Waals surface area contributed by atoms with E-state index in [1.807, 2.05) is 0 Å². The van der Waals surface area contributed by atoms with Crippen LogP contribution in [-0.4, -0.2) is 44.9 Å². The van der Waals surface area contributed by atoms with Crippen LogP contribution in [0.3, 0.4) is 0 Å². The average molecular weight is 431 g/mol. The molecule has 0 radical (unpaired) electrons. The lowest BCUT2D eigenvalue weighted by Crippen LogP contribution is -2.40. The number of sulfonamides is 1. The number of hydrogen-bond donors (Lipinski definition) is 1. The van der Waals surface area contributed by atoms with Crippen molar-refractivity contribution in [3.63, 3.8) is 0 Å².